The minimum Gasteiger partial charge on any atom is -0.354 e. The van der Waals surface area contributed by atoms with Crippen LogP contribution in [0.4, 0.5) is 0 Å². The minimum absolute atomic E-state index is 0.511. The minimum atomic E-state index is 0.511. The fraction of sp³-hybridized carbons (Fsp3) is 0.238. The van der Waals surface area contributed by atoms with E-state index in [-0.39, 0.29) is 0 Å². The summed E-state index contributed by atoms with van der Waals surface area (Å²) < 4.78 is 2.29. The maximum Gasteiger partial charge on any atom is 0.0228 e. The monoisotopic (exact) mass is 287 g/mol. The molecule has 2 aromatic carbocycles. The van der Waals surface area contributed by atoms with Crippen molar-refractivity contribution in [3.05, 3.63) is 95.3 Å². The van der Waals surface area contributed by atoms with Crippen molar-refractivity contribution in [2.45, 2.75) is 31.7 Å². The molecule has 0 unspecified atom stereocenters. The molecular formula is C21H21N. The van der Waals surface area contributed by atoms with Crippen LogP contribution in [0.5, 0.6) is 0 Å². The Hall–Kier alpha value is -2.28. The van der Waals surface area contributed by atoms with Gasteiger partial charge in [0.2, 0.25) is 0 Å². The normalized spacial score (nSPS) is 14.2. The van der Waals surface area contributed by atoms with E-state index in [1.165, 1.54) is 22.3 Å². The molecule has 0 saturated carbocycles. The van der Waals surface area contributed by atoms with Crippen LogP contribution >= 0.6 is 0 Å². The molecule has 0 saturated heterocycles. The zero-order chi connectivity index (χ0) is 14.8. The molecule has 0 bridgehead atoms. The fourth-order valence-electron chi connectivity index (χ4n) is 3.75. The van der Waals surface area contributed by atoms with E-state index >= 15 is 0 Å². The number of fused-ring (bicyclic) bond motifs is 2. The smallest absolute Gasteiger partial charge is 0.0228 e. The van der Waals surface area contributed by atoms with Gasteiger partial charge in [0.15, 0.2) is 0 Å². The third-order valence-corrected chi connectivity index (χ3v) is 4.87. The van der Waals surface area contributed by atoms with Crippen LogP contribution in [0.3, 0.4) is 0 Å². The van der Waals surface area contributed by atoms with Crippen LogP contribution in [-0.2, 0) is 19.4 Å². The summed E-state index contributed by atoms with van der Waals surface area (Å²) in [4.78, 5) is 0. The highest BCUT2D eigenvalue weighted by molar-refractivity contribution is 5.44. The quantitative estimate of drug-likeness (QED) is 0.651. The van der Waals surface area contributed by atoms with E-state index in [1.54, 1.807) is 0 Å². The predicted molar refractivity (Wildman–Crippen MR) is 91.2 cm³/mol. The Morgan fingerprint density at radius 3 is 1.86 bits per heavy atom. The number of aryl methyl sites for hydroxylation is 3. The number of rotatable bonds is 3. The summed E-state index contributed by atoms with van der Waals surface area (Å²) in [6.45, 7) is 1.07. The molecule has 3 aromatic rings. The second-order valence-corrected chi connectivity index (χ2v) is 6.16. The van der Waals surface area contributed by atoms with Crippen molar-refractivity contribution in [2.24, 2.45) is 0 Å². The van der Waals surface area contributed by atoms with Gasteiger partial charge < -0.3 is 4.57 Å². The summed E-state index contributed by atoms with van der Waals surface area (Å²) in [5.74, 6) is 0.511. The van der Waals surface area contributed by atoms with Crippen LogP contribution in [0.25, 0.3) is 0 Å². The SMILES string of the molecule is c1ccc2c(c1)CCc1ccccc1C2CCn1cccc1. The molecule has 110 valence electrons. The van der Waals surface area contributed by atoms with Crippen molar-refractivity contribution in [2.75, 3.05) is 0 Å². The van der Waals surface area contributed by atoms with E-state index in [0.717, 1.165) is 25.8 Å². The Balaban J connectivity index is 1.73. The van der Waals surface area contributed by atoms with Crippen LogP contribution in [0.1, 0.15) is 34.6 Å². The fourth-order valence-corrected chi connectivity index (χ4v) is 3.75. The standard InChI is InChI=1S/C21H21N/c1-3-9-19-17(7-1)11-12-18-8-2-4-10-20(18)21(19)13-16-22-14-5-6-15-22/h1-10,14-15,21H,11-13,16H2. The van der Waals surface area contributed by atoms with Gasteiger partial charge in [0.1, 0.15) is 0 Å². The van der Waals surface area contributed by atoms with E-state index in [2.05, 4.69) is 77.6 Å². The lowest BCUT2D eigenvalue weighted by Gasteiger charge is -2.20. The molecule has 0 atom stereocenters. The number of aromatic nitrogens is 1. The van der Waals surface area contributed by atoms with Crippen LogP contribution in [0.15, 0.2) is 73.1 Å². The van der Waals surface area contributed by atoms with Crippen LogP contribution in [-0.4, -0.2) is 4.57 Å². The Morgan fingerprint density at radius 2 is 1.27 bits per heavy atom. The molecule has 1 aromatic heterocycles. The summed E-state index contributed by atoms with van der Waals surface area (Å²) >= 11 is 0. The summed E-state index contributed by atoms with van der Waals surface area (Å²) in [6, 6.07) is 22.2. The molecule has 0 N–H and O–H groups in total. The Morgan fingerprint density at radius 1 is 0.727 bits per heavy atom. The van der Waals surface area contributed by atoms with Gasteiger partial charge >= 0.3 is 0 Å². The number of hydrogen-bond acceptors (Lipinski definition) is 0. The lowest BCUT2D eigenvalue weighted by atomic mass is 9.85. The van der Waals surface area contributed by atoms with Crippen LogP contribution < -0.4 is 0 Å². The van der Waals surface area contributed by atoms with Gasteiger partial charge in [-0.2, -0.15) is 0 Å². The molecular weight excluding hydrogens is 266 g/mol. The molecule has 0 fully saturated rings. The van der Waals surface area contributed by atoms with Crippen molar-refractivity contribution in [1.29, 1.82) is 0 Å². The summed E-state index contributed by atoms with van der Waals surface area (Å²) in [7, 11) is 0. The van der Waals surface area contributed by atoms with Gasteiger partial charge in [-0.25, -0.2) is 0 Å². The number of benzene rings is 2. The van der Waals surface area contributed by atoms with Gasteiger partial charge in [-0.15, -0.1) is 0 Å². The Bertz CT molecular complexity index is 708. The van der Waals surface area contributed by atoms with Crippen LogP contribution in [0.2, 0.25) is 0 Å². The van der Waals surface area contributed by atoms with Crippen molar-refractivity contribution >= 4 is 0 Å². The largest absolute Gasteiger partial charge is 0.354 e. The van der Waals surface area contributed by atoms with Crippen LogP contribution in [0, 0.1) is 0 Å². The maximum absolute atomic E-state index is 2.33. The lowest BCUT2D eigenvalue weighted by Crippen LogP contribution is -2.07. The highest BCUT2D eigenvalue weighted by Crippen LogP contribution is 2.36. The van der Waals surface area contributed by atoms with E-state index in [0.29, 0.717) is 5.92 Å². The molecule has 1 heteroatoms. The van der Waals surface area contributed by atoms with E-state index in [9.17, 15) is 0 Å². The first-order valence-corrected chi connectivity index (χ1v) is 8.18. The molecule has 1 heterocycles. The molecule has 1 nitrogen and oxygen atoms in total. The van der Waals surface area contributed by atoms with Crippen molar-refractivity contribution in [3.8, 4) is 0 Å². The van der Waals surface area contributed by atoms with Gasteiger partial charge in [-0.1, -0.05) is 48.5 Å². The van der Waals surface area contributed by atoms with E-state index in [4.69, 9.17) is 0 Å². The number of hydrogen-bond donors (Lipinski definition) is 0. The summed E-state index contributed by atoms with van der Waals surface area (Å²) in [5.41, 5.74) is 6.10. The first-order valence-electron chi connectivity index (χ1n) is 8.18. The van der Waals surface area contributed by atoms with Crippen molar-refractivity contribution in [1.82, 2.24) is 4.57 Å². The summed E-state index contributed by atoms with van der Waals surface area (Å²) in [5, 5.41) is 0. The average molecular weight is 287 g/mol. The molecule has 0 amide bonds. The molecule has 0 spiro atoms. The lowest BCUT2D eigenvalue weighted by molar-refractivity contribution is 0.596. The molecule has 22 heavy (non-hydrogen) atoms. The highest BCUT2D eigenvalue weighted by atomic mass is 14.9. The van der Waals surface area contributed by atoms with Gasteiger partial charge in [0, 0.05) is 24.9 Å². The van der Waals surface area contributed by atoms with Gasteiger partial charge in [0.25, 0.3) is 0 Å². The third-order valence-electron chi connectivity index (χ3n) is 4.87. The predicted octanol–water partition coefficient (Wildman–Crippen LogP) is 4.81. The second-order valence-electron chi connectivity index (χ2n) is 6.16. The Kier molecular flexibility index (Phi) is 3.56. The van der Waals surface area contributed by atoms with E-state index in [1.807, 2.05) is 0 Å². The molecule has 0 aliphatic heterocycles. The molecule has 1 aliphatic carbocycles. The third kappa shape index (κ3) is 2.48. The summed E-state index contributed by atoms with van der Waals surface area (Å²) in [6.07, 6.45) is 7.80. The maximum atomic E-state index is 2.33. The zero-order valence-electron chi connectivity index (χ0n) is 12.8. The average Bonchev–Trinajstić information content (AvgIpc) is 3.03. The van der Waals surface area contributed by atoms with Crippen molar-refractivity contribution in [3.63, 3.8) is 0 Å². The first-order chi connectivity index (χ1) is 10.9. The van der Waals surface area contributed by atoms with Crippen molar-refractivity contribution < 1.29 is 0 Å². The molecule has 4 rings (SSSR count). The van der Waals surface area contributed by atoms with Gasteiger partial charge in [-0.05, 0) is 53.6 Å². The highest BCUT2D eigenvalue weighted by Gasteiger charge is 2.22. The van der Waals surface area contributed by atoms with Gasteiger partial charge in [0.05, 0.1) is 0 Å². The second kappa shape index (κ2) is 5.84. The first kappa shape index (κ1) is 13.4. The molecule has 0 radical (unpaired) electrons. The zero-order valence-corrected chi connectivity index (χ0v) is 12.8. The molecule has 1 aliphatic rings. The van der Waals surface area contributed by atoms with Gasteiger partial charge in [-0.3, -0.25) is 0 Å². The Labute approximate surface area is 132 Å². The number of nitrogens with zero attached hydrogens (tertiary/aromatic N) is 1. The van der Waals surface area contributed by atoms with E-state index < -0.39 is 0 Å². The topological polar surface area (TPSA) is 4.93 Å².